The zero-order valence-corrected chi connectivity index (χ0v) is 7.44. The topological polar surface area (TPSA) is 38.9 Å². The number of pyridine rings is 1. The Kier molecular flexibility index (Phi) is 2.14. The highest BCUT2D eigenvalue weighted by Gasteiger charge is 1.99. The van der Waals surface area contributed by atoms with E-state index in [4.69, 9.17) is 5.73 Å². The maximum atomic E-state index is 12.9. The fraction of sp³-hybridized carbons (Fsp3) is 0. The Balaban J connectivity index is 2.49. The number of hydrogen-bond acceptors (Lipinski definition) is 2. The molecular weight excluding hydrogens is 179 g/mol. The number of nitrogen functional groups attached to an aromatic ring is 1. The van der Waals surface area contributed by atoms with Gasteiger partial charge in [-0.3, -0.25) is 4.98 Å². The van der Waals surface area contributed by atoms with E-state index in [1.165, 1.54) is 12.1 Å². The molecule has 1 aromatic heterocycles. The van der Waals surface area contributed by atoms with Crippen LogP contribution in [0.3, 0.4) is 0 Å². The summed E-state index contributed by atoms with van der Waals surface area (Å²) in [5, 5.41) is 0. The minimum absolute atomic E-state index is 0.259. The van der Waals surface area contributed by atoms with Crippen LogP contribution in [-0.4, -0.2) is 4.98 Å². The average molecular weight is 188 g/mol. The lowest BCUT2D eigenvalue weighted by atomic mass is 10.1. The van der Waals surface area contributed by atoms with Crippen LogP contribution in [0.5, 0.6) is 0 Å². The van der Waals surface area contributed by atoms with Gasteiger partial charge >= 0.3 is 0 Å². The quantitative estimate of drug-likeness (QED) is 0.746. The Morgan fingerprint density at radius 1 is 1.07 bits per heavy atom. The van der Waals surface area contributed by atoms with Gasteiger partial charge in [0.15, 0.2) is 0 Å². The van der Waals surface area contributed by atoms with Crippen molar-refractivity contribution >= 4 is 5.69 Å². The zero-order valence-electron chi connectivity index (χ0n) is 7.44. The first kappa shape index (κ1) is 8.69. The van der Waals surface area contributed by atoms with Gasteiger partial charge in [-0.1, -0.05) is 12.1 Å². The predicted molar refractivity (Wildman–Crippen MR) is 54.0 cm³/mol. The molecule has 70 valence electrons. The van der Waals surface area contributed by atoms with Gasteiger partial charge in [0.05, 0.1) is 5.69 Å². The van der Waals surface area contributed by atoms with Crippen molar-refractivity contribution in [1.29, 1.82) is 0 Å². The van der Waals surface area contributed by atoms with Crippen molar-refractivity contribution in [3.05, 3.63) is 48.5 Å². The van der Waals surface area contributed by atoms with Crippen molar-refractivity contribution in [2.24, 2.45) is 0 Å². The van der Waals surface area contributed by atoms with Crippen LogP contribution in [0.1, 0.15) is 0 Å². The van der Waals surface area contributed by atoms with Crippen LogP contribution in [0.4, 0.5) is 10.1 Å². The number of halogens is 1. The van der Waals surface area contributed by atoms with Crippen LogP contribution >= 0.6 is 0 Å². The van der Waals surface area contributed by atoms with Crippen molar-refractivity contribution in [1.82, 2.24) is 4.98 Å². The third-order valence-corrected chi connectivity index (χ3v) is 1.92. The summed E-state index contributed by atoms with van der Waals surface area (Å²) in [5.74, 6) is -0.259. The largest absolute Gasteiger partial charge is 0.397 e. The Bertz CT molecular complexity index is 411. The molecule has 0 aliphatic rings. The molecule has 0 radical (unpaired) electrons. The van der Waals surface area contributed by atoms with E-state index in [9.17, 15) is 4.39 Å². The molecular formula is C11H9FN2. The minimum atomic E-state index is -0.259. The third kappa shape index (κ3) is 1.71. The first-order valence-corrected chi connectivity index (χ1v) is 4.22. The summed E-state index contributed by atoms with van der Waals surface area (Å²) in [4.78, 5) is 3.94. The van der Waals surface area contributed by atoms with E-state index >= 15 is 0 Å². The highest BCUT2D eigenvalue weighted by Crippen LogP contribution is 2.20. The van der Waals surface area contributed by atoms with Crippen molar-refractivity contribution in [2.45, 2.75) is 0 Å². The number of nitrogens with zero attached hydrogens (tertiary/aromatic N) is 1. The SMILES string of the molecule is Nc1cncc(-c2cccc(F)c2)c1. The molecule has 2 N–H and O–H groups in total. The monoisotopic (exact) mass is 188 g/mol. The fourth-order valence-electron chi connectivity index (χ4n) is 1.28. The lowest BCUT2D eigenvalue weighted by Gasteiger charge is -2.01. The highest BCUT2D eigenvalue weighted by molar-refractivity contribution is 5.65. The molecule has 14 heavy (non-hydrogen) atoms. The van der Waals surface area contributed by atoms with E-state index in [0.717, 1.165) is 11.1 Å². The summed E-state index contributed by atoms with van der Waals surface area (Å²) in [7, 11) is 0. The normalized spacial score (nSPS) is 10.1. The van der Waals surface area contributed by atoms with Gasteiger partial charge in [0.2, 0.25) is 0 Å². The lowest BCUT2D eigenvalue weighted by molar-refractivity contribution is 0.628. The summed E-state index contributed by atoms with van der Waals surface area (Å²) in [6.07, 6.45) is 3.22. The number of benzene rings is 1. The van der Waals surface area contributed by atoms with Gasteiger partial charge in [0.1, 0.15) is 5.82 Å². The predicted octanol–water partition coefficient (Wildman–Crippen LogP) is 2.47. The maximum absolute atomic E-state index is 12.9. The first-order valence-electron chi connectivity index (χ1n) is 4.22. The van der Waals surface area contributed by atoms with Gasteiger partial charge in [-0.05, 0) is 23.8 Å². The molecule has 0 aliphatic carbocycles. The second kappa shape index (κ2) is 3.46. The summed E-state index contributed by atoms with van der Waals surface area (Å²) in [5.41, 5.74) is 7.76. The molecule has 0 unspecified atom stereocenters. The molecule has 0 atom stereocenters. The second-order valence-electron chi connectivity index (χ2n) is 3.02. The Labute approximate surface area is 81.2 Å². The Morgan fingerprint density at radius 2 is 1.93 bits per heavy atom. The van der Waals surface area contributed by atoms with Gasteiger partial charge in [-0.2, -0.15) is 0 Å². The standard InChI is InChI=1S/C11H9FN2/c12-10-3-1-2-8(4-10)9-5-11(13)7-14-6-9/h1-7H,13H2. The van der Waals surface area contributed by atoms with E-state index in [1.807, 2.05) is 6.07 Å². The van der Waals surface area contributed by atoms with Crippen molar-refractivity contribution in [3.8, 4) is 11.1 Å². The van der Waals surface area contributed by atoms with E-state index in [-0.39, 0.29) is 5.82 Å². The molecule has 0 fully saturated rings. The third-order valence-electron chi connectivity index (χ3n) is 1.92. The van der Waals surface area contributed by atoms with Gasteiger partial charge in [0.25, 0.3) is 0 Å². The average Bonchev–Trinajstić information content (AvgIpc) is 2.18. The van der Waals surface area contributed by atoms with Crippen LogP contribution in [0.25, 0.3) is 11.1 Å². The molecule has 2 aromatic rings. The van der Waals surface area contributed by atoms with Crippen LogP contribution in [0, 0.1) is 5.82 Å². The molecule has 0 amide bonds. The van der Waals surface area contributed by atoms with Gasteiger partial charge in [-0.15, -0.1) is 0 Å². The summed E-state index contributed by atoms with van der Waals surface area (Å²) in [6.45, 7) is 0. The Hall–Kier alpha value is -1.90. The van der Waals surface area contributed by atoms with Gasteiger partial charge in [0, 0.05) is 18.0 Å². The zero-order chi connectivity index (χ0) is 9.97. The highest BCUT2D eigenvalue weighted by atomic mass is 19.1. The van der Waals surface area contributed by atoms with E-state index in [1.54, 1.807) is 24.5 Å². The molecule has 1 aromatic carbocycles. The first-order chi connectivity index (χ1) is 6.75. The molecule has 2 rings (SSSR count). The minimum Gasteiger partial charge on any atom is -0.397 e. The van der Waals surface area contributed by atoms with Crippen LogP contribution in [0.15, 0.2) is 42.7 Å². The number of aromatic nitrogens is 1. The van der Waals surface area contributed by atoms with Crippen molar-refractivity contribution in [2.75, 3.05) is 5.73 Å². The number of hydrogen-bond donors (Lipinski definition) is 1. The molecule has 0 saturated heterocycles. The van der Waals surface area contributed by atoms with Crippen molar-refractivity contribution in [3.63, 3.8) is 0 Å². The van der Waals surface area contributed by atoms with E-state index < -0.39 is 0 Å². The van der Waals surface area contributed by atoms with Gasteiger partial charge in [-0.25, -0.2) is 4.39 Å². The molecule has 0 aliphatic heterocycles. The molecule has 2 nitrogen and oxygen atoms in total. The van der Waals surface area contributed by atoms with Crippen LogP contribution < -0.4 is 5.73 Å². The number of nitrogens with two attached hydrogens (primary N) is 1. The summed E-state index contributed by atoms with van der Waals surface area (Å²) < 4.78 is 12.9. The molecule has 0 saturated carbocycles. The second-order valence-corrected chi connectivity index (χ2v) is 3.02. The summed E-state index contributed by atoms with van der Waals surface area (Å²) >= 11 is 0. The maximum Gasteiger partial charge on any atom is 0.123 e. The van der Waals surface area contributed by atoms with Crippen LogP contribution in [0.2, 0.25) is 0 Å². The number of anilines is 1. The molecule has 1 heterocycles. The number of rotatable bonds is 1. The fourth-order valence-corrected chi connectivity index (χ4v) is 1.28. The Morgan fingerprint density at radius 3 is 2.64 bits per heavy atom. The van der Waals surface area contributed by atoms with Crippen molar-refractivity contribution < 1.29 is 4.39 Å². The molecule has 3 heteroatoms. The van der Waals surface area contributed by atoms with E-state index in [2.05, 4.69) is 4.98 Å². The lowest BCUT2D eigenvalue weighted by Crippen LogP contribution is -1.87. The van der Waals surface area contributed by atoms with E-state index in [0.29, 0.717) is 5.69 Å². The summed E-state index contributed by atoms with van der Waals surface area (Å²) in [6, 6.07) is 8.11. The molecule has 0 bridgehead atoms. The van der Waals surface area contributed by atoms with Gasteiger partial charge < -0.3 is 5.73 Å². The smallest absolute Gasteiger partial charge is 0.123 e. The molecule has 0 spiro atoms. The van der Waals surface area contributed by atoms with Crippen LogP contribution in [-0.2, 0) is 0 Å².